The predicted octanol–water partition coefficient (Wildman–Crippen LogP) is 1.23. The molecule has 6 heteroatoms. The van der Waals surface area contributed by atoms with E-state index in [1.807, 2.05) is 31.2 Å². The molecule has 1 aromatic heterocycles. The minimum absolute atomic E-state index is 0.0103. The summed E-state index contributed by atoms with van der Waals surface area (Å²) < 4.78 is 4.41. The van der Waals surface area contributed by atoms with Gasteiger partial charge in [-0.1, -0.05) is 29.8 Å². The lowest BCUT2D eigenvalue weighted by atomic mass is 10.1. The Morgan fingerprint density at radius 3 is 2.83 bits per heavy atom. The van der Waals surface area contributed by atoms with Crippen LogP contribution in [0.15, 0.2) is 28.9 Å². The highest BCUT2D eigenvalue weighted by Gasteiger charge is 2.20. The van der Waals surface area contributed by atoms with Gasteiger partial charge < -0.3 is 10.6 Å². The van der Waals surface area contributed by atoms with Gasteiger partial charge in [-0.2, -0.15) is 0 Å². The van der Waals surface area contributed by atoms with E-state index < -0.39 is 0 Å². The van der Waals surface area contributed by atoms with Gasteiger partial charge in [0.2, 0.25) is 11.5 Å². The van der Waals surface area contributed by atoms with E-state index in [0.29, 0.717) is 6.54 Å². The number of nitrogen functional groups attached to an aromatic ring is 1. The SMILES string of the molecule is Cc1cccc(CN(C)C(=O)c2nonc2N)c1. The van der Waals surface area contributed by atoms with Crippen LogP contribution in [0, 0.1) is 6.92 Å². The molecule has 94 valence electrons. The molecule has 6 nitrogen and oxygen atoms in total. The van der Waals surface area contributed by atoms with Crippen LogP contribution in [0.3, 0.4) is 0 Å². The van der Waals surface area contributed by atoms with Crippen molar-refractivity contribution >= 4 is 11.7 Å². The number of hydrogen-bond donors (Lipinski definition) is 1. The van der Waals surface area contributed by atoms with Crippen molar-refractivity contribution < 1.29 is 9.42 Å². The highest BCUT2D eigenvalue weighted by Crippen LogP contribution is 2.11. The maximum absolute atomic E-state index is 12.0. The summed E-state index contributed by atoms with van der Waals surface area (Å²) in [5.41, 5.74) is 7.72. The van der Waals surface area contributed by atoms with Gasteiger partial charge in [0, 0.05) is 13.6 Å². The molecule has 0 saturated carbocycles. The van der Waals surface area contributed by atoms with Gasteiger partial charge in [0.25, 0.3) is 5.91 Å². The van der Waals surface area contributed by atoms with Crippen LogP contribution in [0.5, 0.6) is 0 Å². The van der Waals surface area contributed by atoms with Crippen molar-refractivity contribution in [2.45, 2.75) is 13.5 Å². The number of nitrogens with zero attached hydrogens (tertiary/aromatic N) is 3. The number of anilines is 1. The maximum Gasteiger partial charge on any atom is 0.280 e. The van der Waals surface area contributed by atoms with Gasteiger partial charge in [-0.15, -0.1) is 0 Å². The summed E-state index contributed by atoms with van der Waals surface area (Å²) in [5.74, 6) is -0.300. The van der Waals surface area contributed by atoms with E-state index >= 15 is 0 Å². The van der Waals surface area contributed by atoms with Crippen LogP contribution in [0.25, 0.3) is 0 Å². The predicted molar refractivity (Wildman–Crippen MR) is 65.7 cm³/mol. The van der Waals surface area contributed by atoms with Crippen LogP contribution < -0.4 is 5.73 Å². The van der Waals surface area contributed by atoms with Crippen LogP contribution in [0.4, 0.5) is 5.82 Å². The fourth-order valence-electron chi connectivity index (χ4n) is 1.68. The highest BCUT2D eigenvalue weighted by molar-refractivity contribution is 5.95. The van der Waals surface area contributed by atoms with Crippen LogP contribution >= 0.6 is 0 Å². The van der Waals surface area contributed by atoms with Crippen LogP contribution in [0.2, 0.25) is 0 Å². The Morgan fingerprint density at radius 1 is 1.44 bits per heavy atom. The average Bonchev–Trinajstić information content (AvgIpc) is 2.74. The van der Waals surface area contributed by atoms with Crippen molar-refractivity contribution in [3.63, 3.8) is 0 Å². The first-order chi connectivity index (χ1) is 8.58. The highest BCUT2D eigenvalue weighted by atomic mass is 16.6. The van der Waals surface area contributed by atoms with E-state index in [4.69, 9.17) is 5.73 Å². The molecule has 0 fully saturated rings. The van der Waals surface area contributed by atoms with E-state index in [0.717, 1.165) is 11.1 Å². The summed E-state index contributed by atoms with van der Waals surface area (Å²) in [6, 6.07) is 7.94. The second kappa shape index (κ2) is 4.87. The summed E-state index contributed by atoms with van der Waals surface area (Å²) in [6.07, 6.45) is 0. The van der Waals surface area contributed by atoms with E-state index in [1.165, 1.54) is 4.90 Å². The maximum atomic E-state index is 12.0. The standard InChI is InChI=1S/C12H14N4O2/c1-8-4-3-5-9(6-8)7-16(2)12(17)10-11(13)15-18-14-10/h3-6H,7H2,1-2H3,(H2,13,15). The molecule has 0 bridgehead atoms. The van der Waals surface area contributed by atoms with Gasteiger partial charge in [-0.3, -0.25) is 4.79 Å². The van der Waals surface area contributed by atoms with Gasteiger partial charge in [-0.05, 0) is 22.8 Å². The summed E-state index contributed by atoms with van der Waals surface area (Å²) in [5, 5.41) is 6.88. The first kappa shape index (κ1) is 12.1. The van der Waals surface area contributed by atoms with Crippen LogP contribution in [0.1, 0.15) is 21.6 Å². The number of carbonyl (C=O) groups is 1. The molecule has 0 atom stereocenters. The molecule has 0 spiro atoms. The molecule has 1 amide bonds. The monoisotopic (exact) mass is 246 g/mol. The van der Waals surface area contributed by atoms with E-state index in [2.05, 4.69) is 14.9 Å². The molecule has 0 aliphatic carbocycles. The Labute approximate surface area is 104 Å². The zero-order valence-corrected chi connectivity index (χ0v) is 10.3. The lowest BCUT2D eigenvalue weighted by Crippen LogP contribution is -2.27. The van der Waals surface area contributed by atoms with Crippen molar-refractivity contribution in [1.29, 1.82) is 0 Å². The van der Waals surface area contributed by atoms with Crippen molar-refractivity contribution in [2.75, 3.05) is 12.8 Å². The lowest BCUT2D eigenvalue weighted by Gasteiger charge is -2.15. The van der Waals surface area contributed by atoms with Gasteiger partial charge in [-0.25, -0.2) is 4.63 Å². The third-order valence-electron chi connectivity index (χ3n) is 2.57. The minimum Gasteiger partial charge on any atom is -0.379 e. The van der Waals surface area contributed by atoms with Crippen molar-refractivity contribution in [3.05, 3.63) is 41.1 Å². The molecule has 0 radical (unpaired) electrons. The van der Waals surface area contributed by atoms with Gasteiger partial charge in [0.05, 0.1) is 0 Å². The first-order valence-corrected chi connectivity index (χ1v) is 5.47. The number of hydrogen-bond acceptors (Lipinski definition) is 5. The molecule has 2 rings (SSSR count). The molecular formula is C12H14N4O2. The van der Waals surface area contributed by atoms with Gasteiger partial charge in [0.1, 0.15) is 0 Å². The zero-order valence-electron chi connectivity index (χ0n) is 10.3. The smallest absolute Gasteiger partial charge is 0.280 e. The van der Waals surface area contributed by atoms with Crippen LogP contribution in [-0.4, -0.2) is 28.2 Å². The molecule has 1 aromatic carbocycles. The lowest BCUT2D eigenvalue weighted by molar-refractivity contribution is 0.0774. The Hall–Kier alpha value is -2.37. The van der Waals surface area contributed by atoms with Crippen molar-refractivity contribution in [2.24, 2.45) is 0 Å². The molecule has 1 heterocycles. The average molecular weight is 246 g/mol. The second-order valence-corrected chi connectivity index (χ2v) is 4.15. The first-order valence-electron chi connectivity index (χ1n) is 5.47. The summed E-state index contributed by atoms with van der Waals surface area (Å²) in [7, 11) is 1.68. The molecule has 0 unspecified atom stereocenters. The summed E-state index contributed by atoms with van der Waals surface area (Å²) in [6.45, 7) is 2.48. The normalized spacial score (nSPS) is 10.3. The number of amides is 1. The summed E-state index contributed by atoms with van der Waals surface area (Å²) in [4.78, 5) is 13.5. The molecule has 0 saturated heterocycles. The number of nitrogens with two attached hydrogens (primary N) is 1. The molecule has 18 heavy (non-hydrogen) atoms. The Kier molecular flexibility index (Phi) is 3.27. The molecule has 2 aromatic rings. The summed E-state index contributed by atoms with van der Waals surface area (Å²) >= 11 is 0. The molecule has 0 aliphatic heterocycles. The van der Waals surface area contributed by atoms with E-state index in [1.54, 1.807) is 7.05 Å². The molecule has 0 aliphatic rings. The van der Waals surface area contributed by atoms with Gasteiger partial charge >= 0.3 is 0 Å². The Bertz CT molecular complexity index is 565. The fraction of sp³-hybridized carbons (Fsp3) is 0.250. The fourth-order valence-corrected chi connectivity index (χ4v) is 1.68. The number of carbonyl (C=O) groups excluding carboxylic acids is 1. The van der Waals surface area contributed by atoms with Crippen molar-refractivity contribution in [3.8, 4) is 0 Å². The quantitative estimate of drug-likeness (QED) is 0.880. The molecular weight excluding hydrogens is 232 g/mol. The van der Waals surface area contributed by atoms with Gasteiger partial charge in [0.15, 0.2) is 0 Å². The Balaban J connectivity index is 2.11. The zero-order chi connectivity index (χ0) is 13.1. The third kappa shape index (κ3) is 2.48. The van der Waals surface area contributed by atoms with E-state index in [-0.39, 0.29) is 17.4 Å². The number of aryl methyl sites for hydroxylation is 1. The number of aromatic nitrogens is 2. The third-order valence-corrected chi connectivity index (χ3v) is 2.57. The minimum atomic E-state index is -0.310. The topological polar surface area (TPSA) is 85.2 Å². The van der Waals surface area contributed by atoms with E-state index in [9.17, 15) is 4.79 Å². The van der Waals surface area contributed by atoms with Crippen molar-refractivity contribution in [1.82, 2.24) is 15.2 Å². The van der Waals surface area contributed by atoms with Crippen LogP contribution in [-0.2, 0) is 6.54 Å². The Morgan fingerprint density at radius 2 is 2.22 bits per heavy atom. The second-order valence-electron chi connectivity index (χ2n) is 4.15. The largest absolute Gasteiger partial charge is 0.379 e. The molecule has 2 N–H and O–H groups in total. The number of benzene rings is 1. The number of rotatable bonds is 3.